The Morgan fingerprint density at radius 2 is 2.00 bits per heavy atom. The van der Waals surface area contributed by atoms with E-state index in [9.17, 15) is 13.6 Å². The molecule has 2 aromatic carbocycles. The normalized spacial score (nSPS) is 12.1. The fourth-order valence-electron chi connectivity index (χ4n) is 2.26. The first-order valence-corrected chi connectivity index (χ1v) is 8.18. The Hall–Kier alpha value is -2.54. The third kappa shape index (κ3) is 3.68. The molecule has 124 valence electrons. The number of rotatable bonds is 4. The largest absolute Gasteiger partial charge is 0.332 e. The molecular weight excluding hydrogens is 332 g/mol. The minimum Gasteiger partial charge on any atom is -0.332 e. The number of hydrogen-bond donors (Lipinski definition) is 2. The standard InChI is InChI=1S/C17H15F2N3OS/c1-10(11-6-7-12(18)13(19)8-11)21-17(23)20-9-16-22-14-4-2-3-5-15(14)24-16/h2-8,10H,9H2,1H3,(H2,20,21,23)/t10-/m0/s1. The zero-order valence-electron chi connectivity index (χ0n) is 12.8. The van der Waals surface area contributed by atoms with Crippen LogP contribution >= 0.6 is 11.3 Å². The Kier molecular flexibility index (Phi) is 4.71. The van der Waals surface area contributed by atoms with Crippen LogP contribution in [-0.4, -0.2) is 11.0 Å². The molecule has 1 atom stereocenters. The number of nitrogens with one attached hydrogen (secondary N) is 2. The monoisotopic (exact) mass is 347 g/mol. The summed E-state index contributed by atoms with van der Waals surface area (Å²) in [5.74, 6) is -1.85. The van der Waals surface area contributed by atoms with Crippen molar-refractivity contribution < 1.29 is 13.6 Å². The maximum absolute atomic E-state index is 13.2. The number of nitrogens with zero attached hydrogens (tertiary/aromatic N) is 1. The zero-order valence-corrected chi connectivity index (χ0v) is 13.7. The number of para-hydroxylation sites is 1. The van der Waals surface area contributed by atoms with E-state index in [1.54, 1.807) is 6.92 Å². The Balaban J connectivity index is 1.57. The number of fused-ring (bicyclic) bond motifs is 1. The van der Waals surface area contributed by atoms with Gasteiger partial charge in [0.1, 0.15) is 5.01 Å². The third-order valence-corrected chi connectivity index (χ3v) is 4.57. The second kappa shape index (κ2) is 6.92. The third-order valence-electron chi connectivity index (χ3n) is 3.53. The van der Waals surface area contributed by atoms with Gasteiger partial charge in [-0.2, -0.15) is 0 Å². The molecule has 7 heteroatoms. The lowest BCUT2D eigenvalue weighted by atomic mass is 10.1. The first-order valence-electron chi connectivity index (χ1n) is 7.36. The molecule has 1 heterocycles. The zero-order chi connectivity index (χ0) is 17.1. The summed E-state index contributed by atoms with van der Waals surface area (Å²) in [5.41, 5.74) is 1.39. The molecule has 3 aromatic rings. The number of carbonyl (C=O) groups is 1. The molecule has 0 aliphatic rings. The number of hydrogen-bond acceptors (Lipinski definition) is 3. The van der Waals surface area contributed by atoms with Crippen molar-refractivity contribution in [1.29, 1.82) is 0 Å². The molecule has 4 nitrogen and oxygen atoms in total. The lowest BCUT2D eigenvalue weighted by molar-refractivity contribution is 0.237. The molecule has 0 unspecified atom stereocenters. The summed E-state index contributed by atoms with van der Waals surface area (Å²) in [4.78, 5) is 16.4. The molecule has 0 saturated heterocycles. The first kappa shape index (κ1) is 16.3. The van der Waals surface area contributed by atoms with Crippen LogP contribution in [0.15, 0.2) is 42.5 Å². The fourth-order valence-corrected chi connectivity index (χ4v) is 3.17. The van der Waals surface area contributed by atoms with Gasteiger partial charge in [0.2, 0.25) is 0 Å². The number of thiazole rings is 1. The van der Waals surface area contributed by atoms with E-state index >= 15 is 0 Å². The van der Waals surface area contributed by atoms with Crippen molar-refractivity contribution in [1.82, 2.24) is 15.6 Å². The molecule has 2 N–H and O–H groups in total. The van der Waals surface area contributed by atoms with E-state index in [1.165, 1.54) is 17.4 Å². The highest BCUT2D eigenvalue weighted by molar-refractivity contribution is 7.18. The second-order valence-corrected chi connectivity index (χ2v) is 6.41. The van der Waals surface area contributed by atoms with E-state index in [1.807, 2.05) is 24.3 Å². The maximum Gasteiger partial charge on any atom is 0.315 e. The van der Waals surface area contributed by atoms with Gasteiger partial charge < -0.3 is 10.6 Å². The van der Waals surface area contributed by atoms with E-state index in [-0.39, 0.29) is 0 Å². The Labute approximate surface area is 141 Å². The van der Waals surface area contributed by atoms with Crippen LogP contribution in [-0.2, 0) is 6.54 Å². The molecular formula is C17H15F2N3OS. The van der Waals surface area contributed by atoms with Crippen LogP contribution in [0, 0.1) is 11.6 Å². The van der Waals surface area contributed by atoms with Crippen molar-refractivity contribution >= 4 is 27.6 Å². The number of benzene rings is 2. The van der Waals surface area contributed by atoms with Crippen molar-refractivity contribution in [2.45, 2.75) is 19.5 Å². The van der Waals surface area contributed by atoms with Gasteiger partial charge in [-0.05, 0) is 36.8 Å². The van der Waals surface area contributed by atoms with Gasteiger partial charge in [0.05, 0.1) is 22.8 Å². The highest BCUT2D eigenvalue weighted by atomic mass is 32.1. The predicted octanol–water partition coefficient (Wildman–Crippen LogP) is 4.13. The summed E-state index contributed by atoms with van der Waals surface area (Å²) >= 11 is 1.51. The van der Waals surface area contributed by atoms with Gasteiger partial charge in [0.15, 0.2) is 11.6 Å². The summed E-state index contributed by atoms with van der Waals surface area (Å²) in [6.45, 7) is 2.00. The van der Waals surface area contributed by atoms with Gasteiger partial charge >= 0.3 is 6.03 Å². The number of halogens is 2. The molecule has 24 heavy (non-hydrogen) atoms. The molecule has 3 rings (SSSR count). The summed E-state index contributed by atoms with van der Waals surface area (Å²) in [6.07, 6.45) is 0. The van der Waals surface area contributed by atoms with Crippen molar-refractivity contribution in [3.8, 4) is 0 Å². The quantitative estimate of drug-likeness (QED) is 0.745. The van der Waals surface area contributed by atoms with Crippen LogP contribution < -0.4 is 10.6 Å². The Morgan fingerprint density at radius 1 is 1.21 bits per heavy atom. The predicted molar refractivity (Wildman–Crippen MR) is 89.8 cm³/mol. The maximum atomic E-state index is 13.2. The van der Waals surface area contributed by atoms with Crippen molar-refractivity contribution in [3.05, 3.63) is 64.7 Å². The van der Waals surface area contributed by atoms with Crippen molar-refractivity contribution in [3.63, 3.8) is 0 Å². The van der Waals surface area contributed by atoms with Crippen molar-refractivity contribution in [2.24, 2.45) is 0 Å². The van der Waals surface area contributed by atoms with E-state index < -0.39 is 23.7 Å². The van der Waals surface area contributed by atoms with E-state index in [0.717, 1.165) is 27.4 Å². The lowest BCUT2D eigenvalue weighted by Gasteiger charge is -2.15. The van der Waals surface area contributed by atoms with Crippen molar-refractivity contribution in [2.75, 3.05) is 0 Å². The molecule has 0 aliphatic heterocycles. The van der Waals surface area contributed by atoms with Crippen LogP contribution in [0.25, 0.3) is 10.2 Å². The van der Waals surface area contributed by atoms with Crippen LogP contribution in [0.1, 0.15) is 23.5 Å². The number of aromatic nitrogens is 1. The van der Waals surface area contributed by atoms with Gasteiger partial charge in [-0.1, -0.05) is 18.2 Å². The SMILES string of the molecule is C[C@H](NC(=O)NCc1nc2ccccc2s1)c1ccc(F)c(F)c1. The van der Waals surface area contributed by atoms with Crippen LogP contribution in [0.4, 0.5) is 13.6 Å². The van der Waals surface area contributed by atoms with Crippen LogP contribution in [0.3, 0.4) is 0 Å². The van der Waals surface area contributed by atoms with E-state index in [0.29, 0.717) is 12.1 Å². The van der Waals surface area contributed by atoms with Crippen LogP contribution in [0.2, 0.25) is 0 Å². The van der Waals surface area contributed by atoms with Crippen LogP contribution in [0.5, 0.6) is 0 Å². The molecule has 1 aromatic heterocycles. The summed E-state index contributed by atoms with van der Waals surface area (Å²) < 4.78 is 27.2. The minimum absolute atomic E-state index is 0.301. The number of urea groups is 1. The smallest absolute Gasteiger partial charge is 0.315 e. The minimum atomic E-state index is -0.934. The highest BCUT2D eigenvalue weighted by Crippen LogP contribution is 2.21. The fraction of sp³-hybridized carbons (Fsp3) is 0.176. The van der Waals surface area contributed by atoms with E-state index in [4.69, 9.17) is 0 Å². The Morgan fingerprint density at radius 3 is 2.75 bits per heavy atom. The topological polar surface area (TPSA) is 54.0 Å². The molecule has 0 spiro atoms. The van der Waals surface area contributed by atoms with Gasteiger partial charge in [0.25, 0.3) is 0 Å². The molecule has 0 saturated carbocycles. The van der Waals surface area contributed by atoms with Gasteiger partial charge in [0, 0.05) is 0 Å². The first-order chi connectivity index (χ1) is 11.5. The number of amides is 2. The van der Waals surface area contributed by atoms with Gasteiger partial charge in [-0.15, -0.1) is 11.3 Å². The second-order valence-electron chi connectivity index (χ2n) is 5.30. The highest BCUT2D eigenvalue weighted by Gasteiger charge is 2.12. The van der Waals surface area contributed by atoms with Gasteiger partial charge in [-0.3, -0.25) is 0 Å². The molecule has 0 aliphatic carbocycles. The van der Waals surface area contributed by atoms with E-state index in [2.05, 4.69) is 15.6 Å². The average molecular weight is 347 g/mol. The molecule has 2 amide bonds. The molecule has 0 radical (unpaired) electrons. The lowest BCUT2D eigenvalue weighted by Crippen LogP contribution is -2.36. The van der Waals surface area contributed by atoms with Gasteiger partial charge in [-0.25, -0.2) is 18.6 Å². The molecule has 0 bridgehead atoms. The Bertz CT molecular complexity index is 848. The average Bonchev–Trinajstić information content (AvgIpc) is 2.98. The summed E-state index contributed by atoms with van der Waals surface area (Å²) in [5, 5.41) is 6.20. The number of carbonyl (C=O) groups excluding carboxylic acids is 1. The molecule has 0 fully saturated rings. The summed E-state index contributed by atoms with van der Waals surface area (Å²) in [6, 6.07) is 10.5. The summed E-state index contributed by atoms with van der Waals surface area (Å²) in [7, 11) is 0.